The molecule has 0 saturated carbocycles. The Kier molecular flexibility index (Phi) is 6.81. The molecule has 128 valence electrons. The largest absolute Gasteiger partial charge is 0.461 e. The van der Waals surface area contributed by atoms with Crippen LogP contribution in [0, 0.1) is 0 Å². The lowest BCUT2D eigenvalue weighted by molar-refractivity contribution is -0.145. The highest BCUT2D eigenvalue weighted by molar-refractivity contribution is 6.30. The predicted molar refractivity (Wildman–Crippen MR) is 92.6 cm³/mol. The fourth-order valence-electron chi connectivity index (χ4n) is 2.25. The normalized spacial score (nSPS) is 10.5. The molecule has 24 heavy (non-hydrogen) atoms. The number of ether oxygens (including phenoxy) is 1. The van der Waals surface area contributed by atoms with E-state index in [4.69, 9.17) is 22.1 Å². The van der Waals surface area contributed by atoms with Crippen molar-refractivity contribution in [3.05, 3.63) is 41.0 Å². The van der Waals surface area contributed by atoms with Gasteiger partial charge in [-0.15, -0.1) is 0 Å². The number of unbranched alkanes of at least 4 members (excludes halogenated alkanes) is 2. The van der Waals surface area contributed by atoms with Crippen LogP contribution in [-0.2, 0) is 16.1 Å². The Bertz CT molecular complexity index is 721. The van der Waals surface area contributed by atoms with Gasteiger partial charge in [-0.1, -0.05) is 36.2 Å². The molecule has 7 heteroatoms. The molecule has 0 aliphatic heterocycles. The number of hydrogen-bond acceptors (Lipinski definition) is 4. The first-order valence-corrected chi connectivity index (χ1v) is 8.17. The van der Waals surface area contributed by atoms with Crippen LogP contribution in [0.1, 0.15) is 31.2 Å². The van der Waals surface area contributed by atoms with E-state index in [1.54, 1.807) is 0 Å². The third-order valence-electron chi connectivity index (χ3n) is 3.50. The van der Waals surface area contributed by atoms with Gasteiger partial charge >= 0.3 is 12.0 Å². The lowest BCUT2D eigenvalue weighted by Crippen LogP contribution is -2.29. The van der Waals surface area contributed by atoms with E-state index in [1.165, 1.54) is 0 Å². The molecule has 0 bridgehead atoms. The summed E-state index contributed by atoms with van der Waals surface area (Å²) in [7, 11) is 0. The first kappa shape index (κ1) is 18.0. The summed E-state index contributed by atoms with van der Waals surface area (Å²) in [5, 5.41) is 3.80. The molecule has 2 aromatic rings. The molecule has 0 fully saturated rings. The van der Waals surface area contributed by atoms with Crippen molar-refractivity contribution >= 4 is 34.5 Å². The second-order valence-electron chi connectivity index (χ2n) is 5.39. The summed E-state index contributed by atoms with van der Waals surface area (Å²) in [6.45, 7) is 0.626. The number of halogens is 1. The molecule has 3 N–H and O–H groups in total. The minimum absolute atomic E-state index is 0.110. The highest BCUT2D eigenvalue weighted by Gasteiger charge is 2.08. The zero-order chi connectivity index (χ0) is 17.4. The number of aromatic nitrogens is 1. The average Bonchev–Trinajstić information content (AvgIpc) is 2.55. The van der Waals surface area contributed by atoms with Crippen LogP contribution in [0.5, 0.6) is 0 Å². The Hall–Kier alpha value is -2.34. The fraction of sp³-hybridized carbons (Fsp3) is 0.353. The third-order valence-corrected chi connectivity index (χ3v) is 3.82. The fourth-order valence-corrected chi connectivity index (χ4v) is 2.45. The number of rotatable bonds is 8. The number of pyridine rings is 1. The van der Waals surface area contributed by atoms with Gasteiger partial charge in [-0.25, -0.2) is 9.78 Å². The first-order valence-electron chi connectivity index (χ1n) is 7.79. The van der Waals surface area contributed by atoms with Crippen LogP contribution in [-0.4, -0.2) is 23.5 Å². The van der Waals surface area contributed by atoms with Crippen molar-refractivity contribution in [3.8, 4) is 0 Å². The Morgan fingerprint density at radius 1 is 1.21 bits per heavy atom. The Balaban J connectivity index is 1.74. The summed E-state index contributed by atoms with van der Waals surface area (Å²) in [4.78, 5) is 26.5. The van der Waals surface area contributed by atoms with Gasteiger partial charge in [0.15, 0.2) is 0 Å². The summed E-state index contributed by atoms with van der Waals surface area (Å²) in [5.41, 5.74) is 6.45. The Morgan fingerprint density at radius 2 is 2.00 bits per heavy atom. The third kappa shape index (κ3) is 5.70. The molecule has 0 aliphatic carbocycles. The van der Waals surface area contributed by atoms with Crippen molar-refractivity contribution < 1.29 is 14.3 Å². The van der Waals surface area contributed by atoms with E-state index >= 15 is 0 Å². The topological polar surface area (TPSA) is 94.3 Å². The lowest BCUT2D eigenvalue weighted by Gasteiger charge is -2.08. The van der Waals surface area contributed by atoms with Crippen LogP contribution < -0.4 is 11.1 Å². The van der Waals surface area contributed by atoms with E-state index in [2.05, 4.69) is 10.3 Å². The smallest absolute Gasteiger partial charge is 0.312 e. The van der Waals surface area contributed by atoms with Crippen molar-refractivity contribution in [2.75, 3.05) is 6.54 Å². The highest BCUT2D eigenvalue weighted by Crippen LogP contribution is 2.21. The molecule has 0 radical (unpaired) electrons. The monoisotopic (exact) mass is 349 g/mol. The molecular formula is C17H20ClN3O3. The standard InChI is InChI=1S/C17H20ClN3O3/c18-16-13(10-12-6-3-4-7-14(12)21-16)11-24-15(22)8-2-1-5-9-20-17(19)23/h3-4,6-7,10H,1-2,5,8-9,11H2,(H3,19,20,23). The summed E-state index contributed by atoms with van der Waals surface area (Å²) in [5.74, 6) is -0.276. The number of nitrogens with two attached hydrogens (primary N) is 1. The van der Waals surface area contributed by atoms with Gasteiger partial charge in [0, 0.05) is 23.9 Å². The predicted octanol–water partition coefficient (Wildman–Crippen LogP) is 3.16. The van der Waals surface area contributed by atoms with Gasteiger partial charge < -0.3 is 15.8 Å². The molecule has 0 atom stereocenters. The summed E-state index contributed by atoms with van der Waals surface area (Å²) in [6, 6.07) is 8.97. The van der Waals surface area contributed by atoms with Gasteiger partial charge in [0.1, 0.15) is 11.8 Å². The van der Waals surface area contributed by atoms with Crippen molar-refractivity contribution in [1.82, 2.24) is 10.3 Å². The van der Waals surface area contributed by atoms with E-state index < -0.39 is 6.03 Å². The molecule has 0 spiro atoms. The second kappa shape index (κ2) is 9.08. The van der Waals surface area contributed by atoms with Gasteiger partial charge in [-0.05, 0) is 25.0 Å². The van der Waals surface area contributed by atoms with Gasteiger partial charge in [-0.2, -0.15) is 0 Å². The number of esters is 1. The maximum absolute atomic E-state index is 11.8. The number of carbonyl (C=O) groups excluding carboxylic acids is 2. The van der Waals surface area contributed by atoms with E-state index in [0.717, 1.165) is 23.7 Å². The molecule has 2 amide bonds. The number of urea groups is 1. The maximum atomic E-state index is 11.8. The zero-order valence-corrected chi connectivity index (χ0v) is 14.0. The number of primary amides is 1. The van der Waals surface area contributed by atoms with Gasteiger partial charge in [0.05, 0.1) is 5.52 Å². The SMILES string of the molecule is NC(=O)NCCCCCC(=O)OCc1cc2ccccc2nc1Cl. The van der Waals surface area contributed by atoms with Crippen molar-refractivity contribution in [3.63, 3.8) is 0 Å². The van der Waals surface area contributed by atoms with Gasteiger partial charge in [-0.3, -0.25) is 4.79 Å². The first-order chi connectivity index (χ1) is 11.6. The van der Waals surface area contributed by atoms with Crippen LogP contribution in [0.3, 0.4) is 0 Å². The van der Waals surface area contributed by atoms with E-state index in [9.17, 15) is 9.59 Å². The number of nitrogens with one attached hydrogen (secondary N) is 1. The number of para-hydroxylation sites is 1. The lowest BCUT2D eigenvalue weighted by atomic mass is 10.1. The van der Waals surface area contributed by atoms with E-state index in [-0.39, 0.29) is 12.6 Å². The van der Waals surface area contributed by atoms with Crippen LogP contribution >= 0.6 is 11.6 Å². The number of carbonyl (C=O) groups is 2. The molecule has 1 heterocycles. The Morgan fingerprint density at radius 3 is 2.79 bits per heavy atom. The molecular weight excluding hydrogens is 330 g/mol. The molecule has 6 nitrogen and oxygen atoms in total. The van der Waals surface area contributed by atoms with E-state index in [1.807, 2.05) is 30.3 Å². The minimum Gasteiger partial charge on any atom is -0.461 e. The molecule has 1 aromatic carbocycles. The van der Waals surface area contributed by atoms with Gasteiger partial charge in [0.25, 0.3) is 0 Å². The number of hydrogen-bond donors (Lipinski definition) is 2. The number of amides is 2. The van der Waals surface area contributed by atoms with Crippen molar-refractivity contribution in [2.45, 2.75) is 32.3 Å². The number of benzene rings is 1. The van der Waals surface area contributed by atoms with Crippen molar-refractivity contribution in [1.29, 1.82) is 0 Å². The summed E-state index contributed by atoms with van der Waals surface area (Å²) in [6.07, 6.45) is 2.61. The maximum Gasteiger partial charge on any atom is 0.312 e. The van der Waals surface area contributed by atoms with E-state index in [0.29, 0.717) is 30.1 Å². The molecule has 0 saturated heterocycles. The minimum atomic E-state index is -0.532. The van der Waals surface area contributed by atoms with Crippen LogP contribution in [0.15, 0.2) is 30.3 Å². The summed E-state index contributed by atoms with van der Waals surface area (Å²) < 4.78 is 5.25. The quantitative estimate of drug-likeness (QED) is 0.435. The number of nitrogens with zero attached hydrogens (tertiary/aromatic N) is 1. The molecule has 1 aromatic heterocycles. The van der Waals surface area contributed by atoms with Crippen LogP contribution in [0.2, 0.25) is 5.15 Å². The zero-order valence-electron chi connectivity index (χ0n) is 13.3. The summed E-state index contributed by atoms with van der Waals surface area (Å²) >= 11 is 6.13. The van der Waals surface area contributed by atoms with Crippen molar-refractivity contribution in [2.24, 2.45) is 5.73 Å². The van der Waals surface area contributed by atoms with Crippen LogP contribution in [0.4, 0.5) is 4.79 Å². The van der Waals surface area contributed by atoms with Crippen LogP contribution in [0.25, 0.3) is 10.9 Å². The molecule has 2 rings (SSSR count). The second-order valence-corrected chi connectivity index (χ2v) is 5.75. The highest BCUT2D eigenvalue weighted by atomic mass is 35.5. The van der Waals surface area contributed by atoms with Gasteiger partial charge in [0.2, 0.25) is 0 Å². The number of fused-ring (bicyclic) bond motifs is 1. The molecule has 0 aliphatic rings. The molecule has 0 unspecified atom stereocenters. The Labute approximate surface area is 145 Å². The average molecular weight is 350 g/mol.